The second-order valence-electron chi connectivity index (χ2n) is 4.44. The zero-order chi connectivity index (χ0) is 9.47. The molecule has 0 aromatic heterocycles. The molecule has 74 valence electrons. The first-order chi connectivity index (χ1) is 6.15. The Kier molecular flexibility index (Phi) is 2.04. The molecule has 1 aliphatic carbocycles. The lowest BCUT2D eigenvalue weighted by Gasteiger charge is -2.43. The molecule has 0 aromatic carbocycles. The summed E-state index contributed by atoms with van der Waals surface area (Å²) in [5.41, 5.74) is 11.4. The van der Waals surface area contributed by atoms with E-state index >= 15 is 0 Å². The summed E-state index contributed by atoms with van der Waals surface area (Å²) >= 11 is 0. The van der Waals surface area contributed by atoms with E-state index in [4.69, 9.17) is 11.5 Å². The monoisotopic (exact) mass is 183 g/mol. The standard InChI is InChI=1S/C9H17N3O/c10-5-8(13)12-2-1-9(6-12)3-7(11)4-9/h7H,1-6,10-11H2. The van der Waals surface area contributed by atoms with Gasteiger partial charge in [0.25, 0.3) is 0 Å². The van der Waals surface area contributed by atoms with Gasteiger partial charge in [0.2, 0.25) is 5.91 Å². The minimum absolute atomic E-state index is 0.0809. The van der Waals surface area contributed by atoms with Gasteiger partial charge in [-0.2, -0.15) is 0 Å². The first-order valence-electron chi connectivity index (χ1n) is 4.89. The third kappa shape index (κ3) is 1.44. The maximum absolute atomic E-state index is 11.3. The maximum atomic E-state index is 11.3. The van der Waals surface area contributed by atoms with Gasteiger partial charge in [-0.05, 0) is 24.7 Å². The van der Waals surface area contributed by atoms with Crippen molar-refractivity contribution in [3.8, 4) is 0 Å². The third-order valence-electron chi connectivity index (χ3n) is 3.36. The smallest absolute Gasteiger partial charge is 0.236 e. The van der Waals surface area contributed by atoms with Crippen LogP contribution in [0, 0.1) is 5.41 Å². The van der Waals surface area contributed by atoms with Gasteiger partial charge in [-0.25, -0.2) is 0 Å². The molecule has 1 saturated carbocycles. The molecule has 2 fully saturated rings. The second kappa shape index (κ2) is 2.96. The SMILES string of the molecule is NCC(=O)N1CCC2(CC(N)C2)C1. The average Bonchev–Trinajstić information content (AvgIpc) is 2.47. The Morgan fingerprint density at radius 3 is 2.77 bits per heavy atom. The minimum Gasteiger partial charge on any atom is -0.341 e. The predicted molar refractivity (Wildman–Crippen MR) is 49.9 cm³/mol. The zero-order valence-corrected chi connectivity index (χ0v) is 7.83. The summed E-state index contributed by atoms with van der Waals surface area (Å²) in [4.78, 5) is 13.2. The molecule has 4 N–H and O–H groups in total. The van der Waals surface area contributed by atoms with Crippen molar-refractivity contribution in [3.05, 3.63) is 0 Å². The summed E-state index contributed by atoms with van der Waals surface area (Å²) < 4.78 is 0. The Bertz CT molecular complexity index is 223. The van der Waals surface area contributed by atoms with Crippen molar-refractivity contribution in [2.24, 2.45) is 16.9 Å². The topological polar surface area (TPSA) is 72.4 Å². The molecule has 2 rings (SSSR count). The minimum atomic E-state index is 0.0809. The van der Waals surface area contributed by atoms with Crippen LogP contribution in [0.4, 0.5) is 0 Å². The zero-order valence-electron chi connectivity index (χ0n) is 7.83. The molecular formula is C9H17N3O. The van der Waals surface area contributed by atoms with Gasteiger partial charge in [0, 0.05) is 19.1 Å². The van der Waals surface area contributed by atoms with Crippen molar-refractivity contribution in [1.29, 1.82) is 0 Å². The normalized spacial score (nSPS) is 38.0. The van der Waals surface area contributed by atoms with Crippen LogP contribution in [0.2, 0.25) is 0 Å². The number of carbonyl (C=O) groups excluding carboxylic acids is 1. The molecule has 0 unspecified atom stereocenters. The Morgan fingerprint density at radius 2 is 2.23 bits per heavy atom. The Labute approximate surface area is 78.2 Å². The molecule has 0 radical (unpaired) electrons. The molecule has 4 heteroatoms. The number of hydrogen-bond acceptors (Lipinski definition) is 3. The van der Waals surface area contributed by atoms with Crippen LogP contribution >= 0.6 is 0 Å². The molecule has 0 aromatic rings. The molecule has 1 heterocycles. The van der Waals surface area contributed by atoms with Crippen LogP contribution in [0.15, 0.2) is 0 Å². The summed E-state index contributed by atoms with van der Waals surface area (Å²) in [7, 11) is 0. The molecule has 13 heavy (non-hydrogen) atoms. The van der Waals surface area contributed by atoms with E-state index in [0.717, 1.165) is 32.4 Å². The fourth-order valence-electron chi connectivity index (χ4n) is 2.66. The van der Waals surface area contributed by atoms with E-state index in [1.54, 1.807) is 0 Å². The Balaban J connectivity index is 1.91. The summed E-state index contributed by atoms with van der Waals surface area (Å²) in [6.07, 6.45) is 3.29. The highest BCUT2D eigenvalue weighted by Gasteiger charge is 2.47. The van der Waals surface area contributed by atoms with Gasteiger partial charge in [-0.15, -0.1) is 0 Å². The van der Waals surface area contributed by atoms with Gasteiger partial charge in [-0.1, -0.05) is 0 Å². The highest BCUT2D eigenvalue weighted by molar-refractivity contribution is 5.78. The summed E-state index contributed by atoms with van der Waals surface area (Å²) in [5.74, 6) is 0.0809. The molecule has 2 aliphatic rings. The first kappa shape index (κ1) is 8.97. The largest absolute Gasteiger partial charge is 0.341 e. The van der Waals surface area contributed by atoms with Crippen molar-refractivity contribution < 1.29 is 4.79 Å². The van der Waals surface area contributed by atoms with E-state index in [-0.39, 0.29) is 12.5 Å². The number of amides is 1. The lowest BCUT2D eigenvalue weighted by molar-refractivity contribution is -0.129. The average molecular weight is 183 g/mol. The summed E-state index contributed by atoms with van der Waals surface area (Å²) in [6.45, 7) is 1.90. The molecule has 4 nitrogen and oxygen atoms in total. The highest BCUT2D eigenvalue weighted by Crippen LogP contribution is 2.47. The van der Waals surface area contributed by atoms with Gasteiger partial charge in [0.15, 0.2) is 0 Å². The molecule has 1 aliphatic heterocycles. The predicted octanol–water partition coefficient (Wildman–Crippen LogP) is -0.715. The van der Waals surface area contributed by atoms with Crippen molar-refractivity contribution in [1.82, 2.24) is 4.90 Å². The number of hydrogen-bond donors (Lipinski definition) is 2. The van der Waals surface area contributed by atoms with Crippen molar-refractivity contribution in [2.75, 3.05) is 19.6 Å². The molecule has 1 spiro atoms. The molecule has 0 bridgehead atoms. The maximum Gasteiger partial charge on any atom is 0.236 e. The van der Waals surface area contributed by atoms with Gasteiger partial charge in [0.1, 0.15) is 0 Å². The number of rotatable bonds is 1. The fraction of sp³-hybridized carbons (Fsp3) is 0.889. The molecular weight excluding hydrogens is 166 g/mol. The fourth-order valence-corrected chi connectivity index (χ4v) is 2.66. The number of nitrogens with two attached hydrogens (primary N) is 2. The first-order valence-corrected chi connectivity index (χ1v) is 4.89. The van der Waals surface area contributed by atoms with Crippen LogP contribution in [0.25, 0.3) is 0 Å². The molecule has 1 saturated heterocycles. The summed E-state index contributed by atoms with van der Waals surface area (Å²) in [5, 5.41) is 0. The van der Waals surface area contributed by atoms with Crippen LogP contribution < -0.4 is 11.5 Å². The van der Waals surface area contributed by atoms with Crippen molar-refractivity contribution >= 4 is 5.91 Å². The van der Waals surface area contributed by atoms with Gasteiger partial charge < -0.3 is 16.4 Å². The van der Waals surface area contributed by atoms with Gasteiger partial charge in [-0.3, -0.25) is 4.79 Å². The van der Waals surface area contributed by atoms with Crippen LogP contribution in [-0.4, -0.2) is 36.5 Å². The third-order valence-corrected chi connectivity index (χ3v) is 3.36. The van der Waals surface area contributed by atoms with Crippen molar-refractivity contribution in [2.45, 2.75) is 25.3 Å². The van der Waals surface area contributed by atoms with E-state index in [9.17, 15) is 4.79 Å². The number of nitrogens with zero attached hydrogens (tertiary/aromatic N) is 1. The van der Waals surface area contributed by atoms with Crippen LogP contribution in [0.1, 0.15) is 19.3 Å². The van der Waals surface area contributed by atoms with E-state index in [1.165, 1.54) is 0 Å². The molecule has 0 atom stereocenters. The number of likely N-dealkylation sites (tertiary alicyclic amines) is 1. The van der Waals surface area contributed by atoms with Gasteiger partial charge in [0.05, 0.1) is 6.54 Å². The Morgan fingerprint density at radius 1 is 1.54 bits per heavy atom. The quantitative estimate of drug-likeness (QED) is 0.564. The van der Waals surface area contributed by atoms with Crippen molar-refractivity contribution in [3.63, 3.8) is 0 Å². The summed E-state index contributed by atoms with van der Waals surface area (Å²) in [6, 6.07) is 0.368. The van der Waals surface area contributed by atoms with Gasteiger partial charge >= 0.3 is 0 Å². The second-order valence-corrected chi connectivity index (χ2v) is 4.44. The van der Waals surface area contributed by atoms with E-state index in [1.807, 2.05) is 4.90 Å². The lowest BCUT2D eigenvalue weighted by Crippen LogP contribution is -2.48. The number of carbonyl (C=O) groups is 1. The molecule has 1 amide bonds. The Hall–Kier alpha value is -0.610. The highest BCUT2D eigenvalue weighted by atomic mass is 16.2. The van der Waals surface area contributed by atoms with E-state index < -0.39 is 0 Å². The van der Waals surface area contributed by atoms with Crippen LogP contribution in [0.3, 0.4) is 0 Å². The van der Waals surface area contributed by atoms with Crippen LogP contribution in [0.5, 0.6) is 0 Å². The van der Waals surface area contributed by atoms with E-state index in [2.05, 4.69) is 0 Å². The van der Waals surface area contributed by atoms with E-state index in [0.29, 0.717) is 11.5 Å². The van der Waals surface area contributed by atoms with Crippen LogP contribution in [-0.2, 0) is 4.79 Å². The lowest BCUT2D eigenvalue weighted by atomic mass is 9.65.